The molecule has 1 aromatic rings. The molecule has 0 bridgehead atoms. The lowest BCUT2D eigenvalue weighted by atomic mass is 10.2. The Morgan fingerprint density at radius 1 is 1.32 bits per heavy atom. The first-order valence-corrected chi connectivity index (χ1v) is 10.3. The van der Waals surface area contributed by atoms with Crippen molar-refractivity contribution in [3.8, 4) is 0 Å². The number of amides is 2. The van der Waals surface area contributed by atoms with Crippen LogP contribution in [-0.2, 0) is 4.79 Å². The van der Waals surface area contributed by atoms with Crippen molar-refractivity contribution in [1.82, 2.24) is 9.55 Å². The standard InChI is InChI=1S/C12H13ClN2O2SSi/c1-19(2,3)15-11(16)9(18-12(15)17)6-8-4-5-10(13)14-7-8/h4-7H,1-3H3/b9-6+. The van der Waals surface area contributed by atoms with Crippen LogP contribution in [0.15, 0.2) is 23.2 Å². The summed E-state index contributed by atoms with van der Waals surface area (Å²) in [4.78, 5) is 28.5. The smallest absolute Gasteiger partial charge is 0.285 e. The van der Waals surface area contributed by atoms with Crippen LogP contribution in [-0.4, -0.2) is 28.9 Å². The number of carbonyl (C=O) groups excluding carboxylic acids is 2. The van der Waals surface area contributed by atoms with E-state index in [9.17, 15) is 9.59 Å². The molecule has 0 aliphatic carbocycles. The zero-order valence-electron chi connectivity index (χ0n) is 10.8. The molecule has 1 aliphatic rings. The summed E-state index contributed by atoms with van der Waals surface area (Å²) >= 11 is 6.68. The van der Waals surface area contributed by atoms with Gasteiger partial charge in [0.1, 0.15) is 5.15 Å². The molecule has 7 heteroatoms. The zero-order chi connectivity index (χ0) is 14.2. The van der Waals surface area contributed by atoms with E-state index in [-0.39, 0.29) is 11.1 Å². The van der Waals surface area contributed by atoms with Crippen molar-refractivity contribution < 1.29 is 9.59 Å². The first-order chi connectivity index (χ1) is 8.79. The number of hydrogen-bond acceptors (Lipinski definition) is 4. The van der Waals surface area contributed by atoms with Crippen LogP contribution in [0.5, 0.6) is 0 Å². The first-order valence-electron chi connectivity index (χ1n) is 5.68. The van der Waals surface area contributed by atoms with Crippen LogP contribution in [0.1, 0.15) is 5.56 Å². The average Bonchev–Trinajstić information content (AvgIpc) is 2.56. The van der Waals surface area contributed by atoms with Crippen LogP contribution in [0, 0.1) is 0 Å². The Morgan fingerprint density at radius 3 is 2.47 bits per heavy atom. The second-order valence-electron chi connectivity index (χ2n) is 5.10. The Balaban J connectivity index is 2.31. The Bertz CT molecular complexity index is 566. The number of pyridine rings is 1. The SMILES string of the molecule is C[Si](C)(C)N1C(=O)S/C(=C/c2ccc(Cl)nc2)C1=O. The third kappa shape index (κ3) is 3.07. The lowest BCUT2D eigenvalue weighted by molar-refractivity contribution is -0.119. The van der Waals surface area contributed by atoms with E-state index in [2.05, 4.69) is 4.98 Å². The van der Waals surface area contributed by atoms with Crippen molar-refractivity contribution in [1.29, 1.82) is 0 Å². The molecular weight excluding hydrogens is 300 g/mol. The highest BCUT2D eigenvalue weighted by Gasteiger charge is 2.42. The van der Waals surface area contributed by atoms with E-state index in [0.29, 0.717) is 10.1 Å². The number of imide groups is 1. The van der Waals surface area contributed by atoms with E-state index in [1.807, 2.05) is 19.6 Å². The van der Waals surface area contributed by atoms with Crippen molar-refractivity contribution in [2.45, 2.75) is 19.6 Å². The predicted octanol–water partition coefficient (Wildman–Crippen LogP) is 3.61. The molecule has 0 aromatic carbocycles. The molecule has 2 amide bonds. The molecule has 1 aliphatic heterocycles. The van der Waals surface area contributed by atoms with E-state index in [1.54, 1.807) is 24.4 Å². The summed E-state index contributed by atoms with van der Waals surface area (Å²) in [6.45, 7) is 5.91. The Hall–Kier alpha value is -1.11. The maximum absolute atomic E-state index is 12.2. The van der Waals surface area contributed by atoms with Crippen LogP contribution in [0.25, 0.3) is 6.08 Å². The second-order valence-corrected chi connectivity index (χ2v) is 11.3. The van der Waals surface area contributed by atoms with Crippen molar-refractivity contribution in [2.75, 3.05) is 0 Å². The number of thioether (sulfide) groups is 1. The summed E-state index contributed by atoms with van der Waals surface area (Å²) in [6, 6.07) is 3.41. The minimum Gasteiger partial charge on any atom is -0.298 e. The van der Waals surface area contributed by atoms with E-state index in [1.165, 1.54) is 4.57 Å². The van der Waals surface area contributed by atoms with Gasteiger partial charge in [0, 0.05) is 6.20 Å². The number of hydrogen-bond donors (Lipinski definition) is 0. The van der Waals surface area contributed by atoms with Crippen molar-refractivity contribution in [3.05, 3.63) is 34.0 Å². The van der Waals surface area contributed by atoms with Gasteiger partial charge in [-0.05, 0) is 29.5 Å². The quantitative estimate of drug-likeness (QED) is 0.475. The largest absolute Gasteiger partial charge is 0.298 e. The second kappa shape index (κ2) is 5.11. The van der Waals surface area contributed by atoms with Gasteiger partial charge in [-0.15, -0.1) is 0 Å². The maximum atomic E-state index is 12.2. The monoisotopic (exact) mass is 312 g/mol. The molecule has 1 aromatic heterocycles. The molecule has 0 atom stereocenters. The first kappa shape index (κ1) is 14.3. The highest BCUT2D eigenvalue weighted by atomic mass is 35.5. The summed E-state index contributed by atoms with van der Waals surface area (Å²) < 4.78 is 1.41. The van der Waals surface area contributed by atoms with Gasteiger partial charge in [-0.2, -0.15) is 0 Å². The highest BCUT2D eigenvalue weighted by molar-refractivity contribution is 8.18. The summed E-state index contributed by atoms with van der Waals surface area (Å²) in [7, 11) is -1.98. The van der Waals surface area contributed by atoms with E-state index >= 15 is 0 Å². The van der Waals surface area contributed by atoms with Gasteiger partial charge >= 0.3 is 0 Å². The molecule has 19 heavy (non-hydrogen) atoms. The molecule has 1 fully saturated rings. The molecule has 2 rings (SSSR count). The molecule has 1 saturated heterocycles. The summed E-state index contributed by atoms with van der Waals surface area (Å²) in [5.41, 5.74) is 0.755. The molecular formula is C12H13ClN2O2SSi. The Labute approximate surface area is 121 Å². The van der Waals surface area contributed by atoms with Crippen LogP contribution < -0.4 is 0 Å². The lowest BCUT2D eigenvalue weighted by Crippen LogP contribution is -2.48. The van der Waals surface area contributed by atoms with Crippen LogP contribution in [0.2, 0.25) is 24.8 Å². The third-order valence-corrected chi connectivity index (χ3v) is 5.52. The molecule has 0 spiro atoms. The van der Waals surface area contributed by atoms with Crippen LogP contribution in [0.4, 0.5) is 4.79 Å². The number of rotatable bonds is 2. The van der Waals surface area contributed by atoms with Crippen molar-refractivity contribution >= 4 is 48.8 Å². The maximum Gasteiger partial charge on any atom is 0.285 e. The zero-order valence-corrected chi connectivity index (χ0v) is 13.4. The Morgan fingerprint density at radius 2 is 2.00 bits per heavy atom. The topological polar surface area (TPSA) is 50.3 Å². The van der Waals surface area contributed by atoms with Gasteiger partial charge in [-0.25, -0.2) is 4.98 Å². The van der Waals surface area contributed by atoms with Crippen LogP contribution in [0.3, 0.4) is 0 Å². The van der Waals surface area contributed by atoms with Gasteiger partial charge in [-0.1, -0.05) is 37.3 Å². The fraction of sp³-hybridized carbons (Fsp3) is 0.250. The molecule has 0 unspecified atom stereocenters. The van der Waals surface area contributed by atoms with Gasteiger partial charge in [0.15, 0.2) is 8.24 Å². The number of aromatic nitrogens is 1. The fourth-order valence-electron chi connectivity index (χ4n) is 1.67. The molecule has 2 heterocycles. The molecule has 0 N–H and O–H groups in total. The fourth-order valence-corrected chi connectivity index (χ4v) is 4.83. The lowest BCUT2D eigenvalue weighted by Gasteiger charge is -2.26. The Kier molecular flexibility index (Phi) is 3.84. The summed E-state index contributed by atoms with van der Waals surface area (Å²) in [5, 5.41) is 0.213. The minimum atomic E-state index is -1.98. The number of carbonyl (C=O) groups is 2. The normalized spacial score (nSPS) is 18.5. The summed E-state index contributed by atoms with van der Waals surface area (Å²) in [5.74, 6) is -0.205. The molecule has 0 radical (unpaired) electrons. The van der Waals surface area contributed by atoms with Crippen LogP contribution >= 0.6 is 23.4 Å². The van der Waals surface area contributed by atoms with Gasteiger partial charge in [-0.3, -0.25) is 14.2 Å². The number of nitrogens with zero attached hydrogens (tertiary/aromatic N) is 2. The molecule has 4 nitrogen and oxygen atoms in total. The van der Waals surface area contributed by atoms with Gasteiger partial charge < -0.3 is 0 Å². The molecule has 100 valence electrons. The highest BCUT2D eigenvalue weighted by Crippen LogP contribution is 2.35. The minimum absolute atomic E-state index is 0.183. The number of halogens is 1. The van der Waals surface area contributed by atoms with Gasteiger partial charge in [0.2, 0.25) is 0 Å². The third-order valence-electron chi connectivity index (χ3n) is 2.51. The summed E-state index contributed by atoms with van der Waals surface area (Å²) in [6.07, 6.45) is 3.25. The van der Waals surface area contributed by atoms with E-state index in [0.717, 1.165) is 17.3 Å². The average molecular weight is 313 g/mol. The van der Waals surface area contributed by atoms with E-state index < -0.39 is 8.24 Å². The van der Waals surface area contributed by atoms with Gasteiger partial charge in [0.25, 0.3) is 11.1 Å². The van der Waals surface area contributed by atoms with E-state index in [4.69, 9.17) is 11.6 Å². The van der Waals surface area contributed by atoms with Crippen molar-refractivity contribution in [2.24, 2.45) is 0 Å². The van der Waals surface area contributed by atoms with Gasteiger partial charge in [0.05, 0.1) is 4.91 Å². The molecule has 0 saturated carbocycles. The predicted molar refractivity (Wildman–Crippen MR) is 80.4 cm³/mol. The van der Waals surface area contributed by atoms with Crippen molar-refractivity contribution in [3.63, 3.8) is 0 Å².